The number of carbonyl (C=O) groups is 3. The lowest BCUT2D eigenvalue weighted by Crippen LogP contribution is -2.56. The Morgan fingerprint density at radius 2 is 1.66 bits per heavy atom. The number of amides is 3. The van der Waals surface area contributed by atoms with Gasteiger partial charge in [0.05, 0.1) is 27.6 Å². The topological polar surface area (TPSA) is 128 Å². The van der Waals surface area contributed by atoms with Crippen molar-refractivity contribution in [3.8, 4) is 0 Å². The van der Waals surface area contributed by atoms with Crippen molar-refractivity contribution in [1.82, 2.24) is 4.90 Å². The summed E-state index contributed by atoms with van der Waals surface area (Å²) in [6.45, 7) is 2.15. The van der Waals surface area contributed by atoms with E-state index in [0.29, 0.717) is 23.2 Å². The molecule has 9 nitrogen and oxygen atoms in total. The summed E-state index contributed by atoms with van der Waals surface area (Å²) >= 11 is 0. The predicted molar refractivity (Wildman–Crippen MR) is 143 cm³/mol. The Balaban J connectivity index is 1.52. The smallest absolute Gasteiger partial charge is 0.261 e. The van der Waals surface area contributed by atoms with Crippen LogP contribution in [-0.4, -0.2) is 41.9 Å². The van der Waals surface area contributed by atoms with Crippen molar-refractivity contribution in [2.45, 2.75) is 30.6 Å². The highest BCUT2D eigenvalue weighted by atomic mass is 16.2. The van der Waals surface area contributed by atoms with Gasteiger partial charge in [-0.15, -0.1) is 0 Å². The molecule has 9 heteroatoms. The van der Waals surface area contributed by atoms with Crippen molar-refractivity contribution in [2.75, 3.05) is 18.4 Å². The number of nitrogens with one attached hydrogen (secondary N) is 1. The molecule has 188 valence electrons. The number of rotatable bonds is 7. The van der Waals surface area contributed by atoms with Gasteiger partial charge in [0.2, 0.25) is 5.91 Å². The summed E-state index contributed by atoms with van der Waals surface area (Å²) in [4.78, 5) is 49.5. The van der Waals surface area contributed by atoms with Crippen LogP contribution < -0.4 is 5.32 Å². The second-order valence-electron chi connectivity index (χ2n) is 9.92. The molecule has 2 atom stereocenters. The second-order valence-corrected chi connectivity index (χ2v) is 9.92. The number of aryl methyl sites for hydroxylation is 1. The van der Waals surface area contributed by atoms with Gasteiger partial charge in [-0.2, -0.15) is 0 Å². The van der Waals surface area contributed by atoms with E-state index in [1.54, 1.807) is 30.5 Å². The Morgan fingerprint density at radius 3 is 2.39 bits per heavy atom. The number of imide groups is 1. The Bertz CT molecular complexity index is 1570. The number of carbonyl (C=O) groups excluding carboxylic acids is 3. The van der Waals surface area contributed by atoms with Gasteiger partial charge in [0.25, 0.3) is 11.8 Å². The fourth-order valence-corrected chi connectivity index (χ4v) is 6.34. The lowest BCUT2D eigenvalue weighted by Gasteiger charge is -2.44. The number of aliphatic imine (C=N–C) groups is 1. The van der Waals surface area contributed by atoms with Crippen molar-refractivity contribution < 1.29 is 14.4 Å². The van der Waals surface area contributed by atoms with Crippen LogP contribution in [-0.2, 0) is 15.6 Å². The molecule has 0 saturated carbocycles. The fraction of sp³-hybridized carbons (Fsp3) is 0.241. The van der Waals surface area contributed by atoms with Crippen LogP contribution in [0.15, 0.2) is 76.8 Å². The predicted octanol–water partition coefficient (Wildman–Crippen LogP) is 5.23. The monoisotopic (exact) mass is 504 g/mol. The van der Waals surface area contributed by atoms with Gasteiger partial charge in [0, 0.05) is 29.9 Å². The number of benzene rings is 3. The molecular weight excluding hydrogens is 480 g/mol. The second kappa shape index (κ2) is 8.68. The average Bonchev–Trinajstić information content (AvgIpc) is 3.52. The highest BCUT2D eigenvalue weighted by Gasteiger charge is 2.62. The normalized spacial score (nSPS) is 22.7. The molecule has 3 heterocycles. The van der Waals surface area contributed by atoms with Crippen LogP contribution in [0.2, 0.25) is 0 Å². The maximum atomic E-state index is 14.2. The highest BCUT2D eigenvalue weighted by Crippen LogP contribution is 2.58. The lowest BCUT2D eigenvalue weighted by atomic mass is 9.55. The number of hydrogen-bond acceptors (Lipinski definition) is 5. The number of hydrogen-bond donors (Lipinski definition) is 1. The molecule has 3 aromatic carbocycles. The van der Waals surface area contributed by atoms with E-state index in [2.05, 4.69) is 15.3 Å². The van der Waals surface area contributed by atoms with Crippen LogP contribution in [0, 0.1) is 6.92 Å². The van der Waals surface area contributed by atoms with Gasteiger partial charge >= 0.3 is 0 Å². The van der Waals surface area contributed by atoms with Gasteiger partial charge in [-0.25, -0.2) is 0 Å². The summed E-state index contributed by atoms with van der Waals surface area (Å²) in [5.74, 6) is -0.976. The maximum absolute atomic E-state index is 14.2. The summed E-state index contributed by atoms with van der Waals surface area (Å²) in [6, 6.07) is 20.2. The van der Waals surface area contributed by atoms with E-state index in [1.165, 1.54) is 4.90 Å². The molecule has 3 aliphatic heterocycles. The zero-order chi connectivity index (χ0) is 26.5. The first-order valence-electron chi connectivity index (χ1n) is 12.5. The van der Waals surface area contributed by atoms with E-state index < -0.39 is 10.8 Å². The summed E-state index contributed by atoms with van der Waals surface area (Å²) < 4.78 is 0. The van der Waals surface area contributed by atoms with E-state index in [9.17, 15) is 14.4 Å². The van der Waals surface area contributed by atoms with Crippen LogP contribution >= 0.6 is 0 Å². The van der Waals surface area contributed by atoms with Crippen LogP contribution in [0.5, 0.6) is 0 Å². The Kier molecular flexibility index (Phi) is 5.40. The zero-order valence-corrected chi connectivity index (χ0v) is 20.7. The first-order chi connectivity index (χ1) is 18.4. The quantitative estimate of drug-likeness (QED) is 0.205. The van der Waals surface area contributed by atoms with E-state index in [0.717, 1.165) is 22.4 Å². The number of anilines is 1. The maximum Gasteiger partial charge on any atom is 0.261 e. The van der Waals surface area contributed by atoms with Crippen LogP contribution in [0.25, 0.3) is 10.4 Å². The van der Waals surface area contributed by atoms with Crippen LogP contribution in [0.3, 0.4) is 0 Å². The molecule has 0 spiro atoms. The molecule has 0 unspecified atom stereocenters. The molecule has 0 saturated heterocycles. The van der Waals surface area contributed by atoms with Gasteiger partial charge in [0.1, 0.15) is 0 Å². The third kappa shape index (κ3) is 3.15. The molecule has 3 aliphatic rings. The molecule has 0 radical (unpaired) electrons. The molecule has 0 bridgehead atoms. The third-order valence-electron chi connectivity index (χ3n) is 8.10. The molecule has 0 aliphatic carbocycles. The first-order valence-corrected chi connectivity index (χ1v) is 12.5. The summed E-state index contributed by atoms with van der Waals surface area (Å²) in [5, 5.41) is 6.86. The Labute approximate surface area is 218 Å². The molecule has 38 heavy (non-hydrogen) atoms. The third-order valence-corrected chi connectivity index (χ3v) is 8.10. The van der Waals surface area contributed by atoms with Crippen molar-refractivity contribution in [2.24, 2.45) is 10.1 Å². The van der Waals surface area contributed by atoms with Gasteiger partial charge in [-0.3, -0.25) is 24.3 Å². The van der Waals surface area contributed by atoms with E-state index in [4.69, 9.17) is 10.5 Å². The van der Waals surface area contributed by atoms with Crippen molar-refractivity contribution in [1.29, 1.82) is 0 Å². The van der Waals surface area contributed by atoms with Crippen LogP contribution in [0.4, 0.5) is 11.4 Å². The Hall–Kier alpha value is -4.75. The lowest BCUT2D eigenvalue weighted by molar-refractivity contribution is -0.123. The highest BCUT2D eigenvalue weighted by molar-refractivity contribution is 6.21. The van der Waals surface area contributed by atoms with E-state index in [1.807, 2.05) is 49.4 Å². The van der Waals surface area contributed by atoms with Gasteiger partial charge in [-0.05, 0) is 60.7 Å². The molecule has 3 aromatic rings. The van der Waals surface area contributed by atoms with E-state index in [-0.39, 0.29) is 37.2 Å². The SMILES string of the molecule is Cc1ccc2c(c1)[C@@](CCN=[N+]=[N-])([C@]1(CCN3C(=O)c4ccccc4C3=O)C(=O)Nc3ccccc31)C=N2. The number of para-hydroxylation sites is 1. The minimum Gasteiger partial charge on any atom is -0.325 e. The number of nitrogens with zero attached hydrogens (tertiary/aromatic N) is 5. The van der Waals surface area contributed by atoms with Gasteiger partial charge < -0.3 is 5.32 Å². The largest absolute Gasteiger partial charge is 0.325 e. The standard InChI is InChI=1S/C29H24N6O3/c1-18-10-11-23-22(16-18)28(17-31-23,12-14-32-34-30)29(21-8-4-5-9-24(21)33-27(29)38)13-15-35-25(36)19-6-2-3-7-20(19)26(35)37/h2-11,16-17H,12-15H2,1H3,(H,33,38)/t28-,29-/m0/s1. The van der Waals surface area contributed by atoms with Crippen molar-refractivity contribution in [3.05, 3.63) is 105 Å². The van der Waals surface area contributed by atoms with Gasteiger partial charge in [0.15, 0.2) is 0 Å². The average molecular weight is 505 g/mol. The molecular formula is C29H24N6O3. The van der Waals surface area contributed by atoms with Crippen molar-refractivity contribution >= 4 is 35.3 Å². The minimum atomic E-state index is -1.22. The molecule has 6 rings (SSSR count). The molecule has 0 fully saturated rings. The minimum absolute atomic E-state index is 0.0341. The van der Waals surface area contributed by atoms with E-state index >= 15 is 0 Å². The summed E-state index contributed by atoms with van der Waals surface area (Å²) in [6.07, 6.45) is 2.28. The molecule has 1 N–H and O–H groups in total. The summed E-state index contributed by atoms with van der Waals surface area (Å²) in [5.41, 5.74) is 11.7. The van der Waals surface area contributed by atoms with Crippen molar-refractivity contribution in [3.63, 3.8) is 0 Å². The van der Waals surface area contributed by atoms with Gasteiger partial charge in [-0.1, -0.05) is 53.1 Å². The number of fused-ring (bicyclic) bond motifs is 3. The number of azide groups is 1. The summed E-state index contributed by atoms with van der Waals surface area (Å²) in [7, 11) is 0. The zero-order valence-electron chi connectivity index (χ0n) is 20.7. The Morgan fingerprint density at radius 1 is 0.947 bits per heavy atom. The molecule has 3 amide bonds. The fourth-order valence-electron chi connectivity index (χ4n) is 6.34. The first kappa shape index (κ1) is 23.6. The van der Waals surface area contributed by atoms with Crippen LogP contribution in [0.1, 0.15) is 50.2 Å². The molecule has 0 aromatic heterocycles.